The number of H-pyrrole nitrogens is 1. The molecule has 0 radical (unpaired) electrons. The minimum atomic E-state index is -4.45. The molecule has 3 heterocycles. The van der Waals surface area contributed by atoms with Crippen molar-refractivity contribution in [3.63, 3.8) is 0 Å². The summed E-state index contributed by atoms with van der Waals surface area (Å²) in [5.41, 5.74) is -0.183. The highest BCUT2D eigenvalue weighted by Crippen LogP contribution is 2.30. The fourth-order valence-corrected chi connectivity index (χ4v) is 3.06. The van der Waals surface area contributed by atoms with Gasteiger partial charge in [-0.25, -0.2) is 4.98 Å². The number of fused-ring (bicyclic) bond motifs is 1. The molecule has 1 atom stereocenters. The van der Waals surface area contributed by atoms with Crippen LogP contribution in [0.1, 0.15) is 34.0 Å². The molecule has 1 unspecified atom stereocenters. The van der Waals surface area contributed by atoms with E-state index in [1.54, 1.807) is 7.05 Å². The van der Waals surface area contributed by atoms with Crippen molar-refractivity contribution >= 4 is 5.91 Å². The van der Waals surface area contributed by atoms with E-state index in [2.05, 4.69) is 9.97 Å². The SMILES string of the molecule is CN(CC1CCc2nc(C(F)(F)F)cn2C1)C(=O)c1cc(C#N)c[nH]1. The number of amides is 1. The summed E-state index contributed by atoms with van der Waals surface area (Å²) in [6, 6.07) is 3.42. The molecule has 25 heavy (non-hydrogen) atoms. The van der Waals surface area contributed by atoms with E-state index in [-0.39, 0.29) is 11.8 Å². The van der Waals surface area contributed by atoms with Gasteiger partial charge in [0.2, 0.25) is 0 Å². The summed E-state index contributed by atoms with van der Waals surface area (Å²) in [5.74, 6) is 0.219. The fourth-order valence-electron chi connectivity index (χ4n) is 3.06. The third kappa shape index (κ3) is 3.52. The third-order valence-electron chi connectivity index (χ3n) is 4.30. The summed E-state index contributed by atoms with van der Waals surface area (Å²) in [6.45, 7) is 0.808. The Balaban J connectivity index is 1.65. The van der Waals surface area contributed by atoms with Crippen LogP contribution < -0.4 is 0 Å². The lowest BCUT2D eigenvalue weighted by atomic mass is 9.99. The number of hydrogen-bond donors (Lipinski definition) is 1. The topological polar surface area (TPSA) is 77.7 Å². The van der Waals surface area contributed by atoms with E-state index in [1.165, 1.54) is 21.7 Å². The first-order valence-electron chi connectivity index (χ1n) is 7.75. The predicted octanol–water partition coefficient (Wildman–Crippen LogP) is 2.44. The molecular formula is C16H16F3N5O. The quantitative estimate of drug-likeness (QED) is 0.923. The molecule has 9 heteroatoms. The highest BCUT2D eigenvalue weighted by molar-refractivity contribution is 5.92. The van der Waals surface area contributed by atoms with Gasteiger partial charge in [0.05, 0.1) is 5.56 Å². The van der Waals surface area contributed by atoms with E-state index in [0.717, 1.165) is 6.20 Å². The van der Waals surface area contributed by atoms with E-state index in [0.29, 0.717) is 43.0 Å². The van der Waals surface area contributed by atoms with Crippen molar-refractivity contribution in [3.8, 4) is 6.07 Å². The van der Waals surface area contributed by atoms with Crippen LogP contribution in [0.3, 0.4) is 0 Å². The molecule has 2 aromatic heterocycles. The molecule has 0 bridgehead atoms. The Morgan fingerprint density at radius 1 is 1.56 bits per heavy atom. The largest absolute Gasteiger partial charge is 0.434 e. The highest BCUT2D eigenvalue weighted by atomic mass is 19.4. The molecule has 132 valence electrons. The van der Waals surface area contributed by atoms with Gasteiger partial charge in [-0.3, -0.25) is 4.79 Å². The van der Waals surface area contributed by atoms with Crippen LogP contribution in [0.4, 0.5) is 13.2 Å². The number of carbonyl (C=O) groups is 1. The minimum Gasteiger partial charge on any atom is -0.356 e. The third-order valence-corrected chi connectivity index (χ3v) is 4.30. The van der Waals surface area contributed by atoms with Crippen molar-refractivity contribution in [2.45, 2.75) is 25.6 Å². The molecule has 2 aromatic rings. The van der Waals surface area contributed by atoms with Crippen molar-refractivity contribution < 1.29 is 18.0 Å². The average molecular weight is 351 g/mol. The molecule has 6 nitrogen and oxygen atoms in total. The predicted molar refractivity (Wildman–Crippen MR) is 81.5 cm³/mol. The molecule has 0 aromatic carbocycles. The second kappa shape index (κ2) is 6.27. The summed E-state index contributed by atoms with van der Waals surface area (Å²) in [6.07, 6.45) is -0.839. The van der Waals surface area contributed by atoms with Gasteiger partial charge in [-0.15, -0.1) is 0 Å². The number of hydrogen-bond acceptors (Lipinski definition) is 3. The summed E-state index contributed by atoms with van der Waals surface area (Å²) >= 11 is 0. The highest BCUT2D eigenvalue weighted by Gasteiger charge is 2.36. The van der Waals surface area contributed by atoms with Crippen molar-refractivity contribution in [1.82, 2.24) is 19.4 Å². The van der Waals surface area contributed by atoms with Crippen LogP contribution in [-0.4, -0.2) is 38.9 Å². The molecule has 0 aliphatic carbocycles. The van der Waals surface area contributed by atoms with Gasteiger partial charge in [-0.2, -0.15) is 18.4 Å². The van der Waals surface area contributed by atoms with Crippen molar-refractivity contribution in [1.29, 1.82) is 5.26 Å². The number of alkyl halides is 3. The van der Waals surface area contributed by atoms with Crippen molar-refractivity contribution in [3.05, 3.63) is 41.2 Å². The Kier molecular flexibility index (Phi) is 4.29. The molecule has 1 aliphatic rings. The van der Waals surface area contributed by atoms with Crippen LogP contribution in [0.5, 0.6) is 0 Å². The van der Waals surface area contributed by atoms with Crippen LogP contribution in [0.15, 0.2) is 18.5 Å². The molecule has 0 saturated heterocycles. The maximum Gasteiger partial charge on any atom is 0.434 e. The molecule has 0 fully saturated rings. The second-order valence-corrected chi connectivity index (χ2v) is 6.20. The first-order valence-corrected chi connectivity index (χ1v) is 7.75. The fraction of sp³-hybridized carbons (Fsp3) is 0.438. The number of rotatable bonds is 3. The number of nitrogens with one attached hydrogen (secondary N) is 1. The Hall–Kier alpha value is -2.76. The van der Waals surface area contributed by atoms with Gasteiger partial charge in [0.15, 0.2) is 5.69 Å². The number of nitrogens with zero attached hydrogens (tertiary/aromatic N) is 4. The van der Waals surface area contributed by atoms with Gasteiger partial charge in [0, 0.05) is 39.0 Å². The molecule has 0 spiro atoms. The monoisotopic (exact) mass is 351 g/mol. The van der Waals surface area contributed by atoms with Crippen LogP contribution >= 0.6 is 0 Å². The standard InChI is InChI=1S/C16H16F3N5O/c1-23(15(25)12-4-11(5-20)6-21-12)7-10-2-3-14-22-13(16(17,18)19)9-24(14)8-10/h4,6,9-10,21H,2-3,7-8H2,1H3. The minimum absolute atomic E-state index is 0.0436. The van der Waals surface area contributed by atoms with Gasteiger partial charge < -0.3 is 14.5 Å². The van der Waals surface area contributed by atoms with Gasteiger partial charge in [0.25, 0.3) is 5.91 Å². The number of halogens is 3. The Bertz CT molecular complexity index is 830. The van der Waals surface area contributed by atoms with Gasteiger partial charge in [-0.05, 0) is 18.4 Å². The normalized spacial score (nSPS) is 17.0. The molecule has 1 aliphatic heterocycles. The summed E-state index contributed by atoms with van der Waals surface area (Å²) in [4.78, 5) is 20.3. The lowest BCUT2D eigenvalue weighted by Crippen LogP contribution is -2.35. The Morgan fingerprint density at radius 3 is 2.96 bits per heavy atom. The number of nitriles is 1. The van der Waals surface area contributed by atoms with E-state index in [1.807, 2.05) is 6.07 Å². The lowest BCUT2D eigenvalue weighted by molar-refractivity contribution is -0.141. The number of aryl methyl sites for hydroxylation is 1. The van der Waals surface area contributed by atoms with Crippen LogP contribution in [0.2, 0.25) is 0 Å². The zero-order valence-corrected chi connectivity index (χ0v) is 13.5. The first-order chi connectivity index (χ1) is 11.8. The second-order valence-electron chi connectivity index (χ2n) is 6.20. The number of imidazole rings is 1. The lowest BCUT2D eigenvalue weighted by Gasteiger charge is -2.28. The van der Waals surface area contributed by atoms with E-state index < -0.39 is 11.9 Å². The van der Waals surface area contributed by atoms with E-state index >= 15 is 0 Å². The zero-order valence-electron chi connectivity index (χ0n) is 13.5. The molecule has 1 amide bonds. The van der Waals surface area contributed by atoms with Gasteiger partial charge in [0.1, 0.15) is 17.6 Å². The maximum absolute atomic E-state index is 12.8. The summed E-state index contributed by atoms with van der Waals surface area (Å²) in [5, 5.41) is 8.80. The van der Waals surface area contributed by atoms with E-state index in [9.17, 15) is 18.0 Å². The van der Waals surface area contributed by atoms with Gasteiger partial charge >= 0.3 is 6.18 Å². The van der Waals surface area contributed by atoms with Crippen molar-refractivity contribution in [2.24, 2.45) is 5.92 Å². The van der Waals surface area contributed by atoms with Gasteiger partial charge in [-0.1, -0.05) is 0 Å². The number of aromatic amines is 1. The molecular weight excluding hydrogens is 335 g/mol. The number of carbonyl (C=O) groups excluding carboxylic acids is 1. The summed E-state index contributed by atoms with van der Waals surface area (Å²) in [7, 11) is 1.64. The van der Waals surface area contributed by atoms with Crippen LogP contribution in [0, 0.1) is 17.2 Å². The summed E-state index contributed by atoms with van der Waals surface area (Å²) < 4.78 is 39.8. The first kappa shape index (κ1) is 17.1. The molecule has 0 saturated carbocycles. The van der Waals surface area contributed by atoms with Crippen LogP contribution in [-0.2, 0) is 19.1 Å². The Morgan fingerprint density at radius 2 is 2.32 bits per heavy atom. The average Bonchev–Trinajstić information content (AvgIpc) is 3.19. The molecule has 1 N–H and O–H groups in total. The van der Waals surface area contributed by atoms with Crippen LogP contribution in [0.25, 0.3) is 0 Å². The molecule has 3 rings (SSSR count). The smallest absolute Gasteiger partial charge is 0.356 e. The van der Waals surface area contributed by atoms with E-state index in [4.69, 9.17) is 5.26 Å². The number of aromatic nitrogens is 3. The maximum atomic E-state index is 12.8. The zero-order chi connectivity index (χ0) is 18.2. The van der Waals surface area contributed by atoms with Crippen molar-refractivity contribution in [2.75, 3.05) is 13.6 Å². The Labute approximate surface area is 141 Å².